The van der Waals surface area contributed by atoms with Crippen molar-refractivity contribution in [2.75, 3.05) is 11.9 Å². The maximum absolute atomic E-state index is 11.8. The van der Waals surface area contributed by atoms with Crippen molar-refractivity contribution in [3.8, 4) is 5.75 Å². The molecule has 2 rings (SSSR count). The van der Waals surface area contributed by atoms with E-state index in [2.05, 4.69) is 21.2 Å². The second-order valence-corrected chi connectivity index (χ2v) is 5.56. The topological polar surface area (TPSA) is 58.6 Å². The van der Waals surface area contributed by atoms with Gasteiger partial charge in [-0.2, -0.15) is 0 Å². The minimum absolute atomic E-state index is 0.0475. The molecule has 0 radical (unpaired) electrons. The van der Waals surface area contributed by atoms with Crippen LogP contribution in [-0.4, -0.2) is 17.6 Å². The Labute approximate surface area is 135 Å². The second-order valence-electron chi connectivity index (χ2n) is 4.27. The number of benzene rings is 2. The van der Waals surface area contributed by atoms with Crippen molar-refractivity contribution < 1.29 is 14.6 Å². The Kier molecular flexibility index (Phi) is 5.61. The predicted octanol–water partition coefficient (Wildman–Crippen LogP) is 3.61. The number of carbonyl (C=O) groups excluding carboxylic acids is 1. The van der Waals surface area contributed by atoms with Crippen molar-refractivity contribution in [3.63, 3.8) is 0 Å². The highest BCUT2D eigenvalue weighted by atomic mass is 79.9. The summed E-state index contributed by atoms with van der Waals surface area (Å²) in [6, 6.07) is 12.1. The van der Waals surface area contributed by atoms with Crippen LogP contribution in [0.25, 0.3) is 0 Å². The normalized spacial score (nSPS) is 10.2. The minimum Gasteiger partial charge on any atom is -0.483 e. The Balaban J connectivity index is 1.92. The molecule has 0 fully saturated rings. The number of rotatable bonds is 5. The molecule has 0 atom stereocenters. The number of carbonyl (C=O) groups is 1. The third-order valence-electron chi connectivity index (χ3n) is 2.65. The van der Waals surface area contributed by atoms with E-state index >= 15 is 0 Å². The van der Waals surface area contributed by atoms with Crippen LogP contribution in [0, 0.1) is 0 Å². The van der Waals surface area contributed by atoms with Crippen molar-refractivity contribution in [2.24, 2.45) is 0 Å². The minimum atomic E-state index is -0.282. The summed E-state index contributed by atoms with van der Waals surface area (Å²) >= 11 is 9.17. The molecule has 1 amide bonds. The van der Waals surface area contributed by atoms with Crippen molar-refractivity contribution in [3.05, 3.63) is 57.5 Å². The molecule has 4 nitrogen and oxygen atoms in total. The number of hydrogen-bond donors (Lipinski definition) is 2. The molecule has 2 aromatic rings. The third-order valence-corrected chi connectivity index (χ3v) is 3.50. The van der Waals surface area contributed by atoms with Crippen LogP contribution in [-0.2, 0) is 11.4 Å². The lowest BCUT2D eigenvalue weighted by atomic mass is 10.2. The zero-order valence-electron chi connectivity index (χ0n) is 11.0. The van der Waals surface area contributed by atoms with Crippen LogP contribution >= 0.6 is 27.5 Å². The van der Waals surface area contributed by atoms with Gasteiger partial charge in [0.2, 0.25) is 0 Å². The standard InChI is InChI=1S/C15H13BrClNO3/c16-13-6-10(8-19)4-5-14(13)21-9-15(20)18-12-3-1-2-11(17)7-12/h1-7,19H,8-9H2,(H,18,20). The molecule has 0 aliphatic heterocycles. The number of anilines is 1. The zero-order chi connectivity index (χ0) is 15.2. The molecule has 0 bridgehead atoms. The molecule has 0 unspecified atom stereocenters. The molecular formula is C15H13BrClNO3. The third kappa shape index (κ3) is 4.74. The van der Waals surface area contributed by atoms with Gasteiger partial charge in [-0.25, -0.2) is 0 Å². The average Bonchev–Trinajstić information content (AvgIpc) is 2.46. The monoisotopic (exact) mass is 369 g/mol. The molecule has 2 N–H and O–H groups in total. The number of aliphatic hydroxyl groups is 1. The number of hydrogen-bond acceptors (Lipinski definition) is 3. The van der Waals surface area contributed by atoms with Gasteiger partial charge < -0.3 is 15.2 Å². The largest absolute Gasteiger partial charge is 0.483 e. The van der Waals surface area contributed by atoms with Gasteiger partial charge in [0, 0.05) is 10.7 Å². The predicted molar refractivity (Wildman–Crippen MR) is 85.6 cm³/mol. The summed E-state index contributed by atoms with van der Waals surface area (Å²) in [6.07, 6.45) is 0. The van der Waals surface area contributed by atoms with Crippen molar-refractivity contribution >= 4 is 39.1 Å². The summed E-state index contributed by atoms with van der Waals surface area (Å²) in [7, 11) is 0. The van der Waals surface area contributed by atoms with Crippen molar-refractivity contribution in [1.82, 2.24) is 0 Å². The summed E-state index contributed by atoms with van der Waals surface area (Å²) in [4.78, 5) is 11.8. The molecule has 0 aliphatic carbocycles. The van der Waals surface area contributed by atoms with Gasteiger partial charge in [-0.1, -0.05) is 23.7 Å². The van der Waals surface area contributed by atoms with Crippen LogP contribution in [0.5, 0.6) is 5.75 Å². The number of ether oxygens (including phenoxy) is 1. The molecule has 0 heterocycles. The molecule has 0 spiro atoms. The van der Waals surface area contributed by atoms with Gasteiger partial charge >= 0.3 is 0 Å². The van der Waals surface area contributed by atoms with Gasteiger partial charge in [0.1, 0.15) is 5.75 Å². The van der Waals surface area contributed by atoms with Crippen LogP contribution in [0.3, 0.4) is 0 Å². The van der Waals surface area contributed by atoms with E-state index in [9.17, 15) is 4.79 Å². The van der Waals surface area contributed by atoms with E-state index in [1.54, 1.807) is 42.5 Å². The lowest BCUT2D eigenvalue weighted by Gasteiger charge is -2.10. The Morgan fingerprint density at radius 3 is 2.76 bits per heavy atom. The Hall–Kier alpha value is -1.56. The van der Waals surface area contributed by atoms with E-state index in [0.717, 1.165) is 5.56 Å². The summed E-state index contributed by atoms with van der Waals surface area (Å²) < 4.78 is 6.11. The lowest BCUT2D eigenvalue weighted by Crippen LogP contribution is -2.20. The van der Waals surface area contributed by atoms with E-state index < -0.39 is 0 Å². The summed E-state index contributed by atoms with van der Waals surface area (Å²) in [5, 5.41) is 12.3. The quantitative estimate of drug-likeness (QED) is 0.845. The fourth-order valence-corrected chi connectivity index (χ4v) is 2.40. The fourth-order valence-electron chi connectivity index (χ4n) is 1.67. The number of nitrogens with one attached hydrogen (secondary N) is 1. The smallest absolute Gasteiger partial charge is 0.262 e. The van der Waals surface area contributed by atoms with Crippen LogP contribution in [0.2, 0.25) is 5.02 Å². The van der Waals surface area contributed by atoms with E-state index in [1.165, 1.54) is 0 Å². The fraction of sp³-hybridized carbons (Fsp3) is 0.133. The van der Waals surface area contributed by atoms with Crippen molar-refractivity contribution in [2.45, 2.75) is 6.61 Å². The van der Waals surface area contributed by atoms with Crippen LogP contribution in [0.4, 0.5) is 5.69 Å². The Morgan fingerprint density at radius 1 is 1.29 bits per heavy atom. The van der Waals surface area contributed by atoms with E-state index in [0.29, 0.717) is 20.9 Å². The Bertz CT molecular complexity index is 649. The number of aliphatic hydroxyl groups excluding tert-OH is 1. The zero-order valence-corrected chi connectivity index (χ0v) is 13.3. The molecule has 110 valence electrons. The summed E-state index contributed by atoms with van der Waals surface area (Å²) in [6.45, 7) is -0.169. The maximum Gasteiger partial charge on any atom is 0.262 e. The summed E-state index contributed by atoms with van der Waals surface area (Å²) in [5.74, 6) is 0.254. The Morgan fingerprint density at radius 2 is 2.10 bits per heavy atom. The van der Waals surface area contributed by atoms with Gasteiger partial charge in [-0.15, -0.1) is 0 Å². The van der Waals surface area contributed by atoms with Gasteiger partial charge in [0.25, 0.3) is 5.91 Å². The first-order chi connectivity index (χ1) is 10.1. The molecular weight excluding hydrogens is 358 g/mol. The molecule has 2 aromatic carbocycles. The average molecular weight is 371 g/mol. The molecule has 0 aliphatic rings. The first-order valence-electron chi connectivity index (χ1n) is 6.16. The van der Waals surface area contributed by atoms with E-state index in [4.69, 9.17) is 21.4 Å². The van der Waals surface area contributed by atoms with Crippen LogP contribution < -0.4 is 10.1 Å². The first-order valence-corrected chi connectivity index (χ1v) is 7.33. The first kappa shape index (κ1) is 15.8. The second kappa shape index (κ2) is 7.45. The van der Waals surface area contributed by atoms with Crippen LogP contribution in [0.1, 0.15) is 5.56 Å². The molecule has 0 saturated heterocycles. The van der Waals surface area contributed by atoms with E-state index in [-0.39, 0.29) is 19.1 Å². The number of halogens is 2. The molecule has 6 heteroatoms. The van der Waals surface area contributed by atoms with Gasteiger partial charge in [-0.3, -0.25) is 4.79 Å². The lowest BCUT2D eigenvalue weighted by molar-refractivity contribution is -0.118. The van der Waals surface area contributed by atoms with Crippen LogP contribution in [0.15, 0.2) is 46.9 Å². The highest BCUT2D eigenvalue weighted by molar-refractivity contribution is 9.10. The molecule has 0 saturated carbocycles. The van der Waals surface area contributed by atoms with Gasteiger partial charge in [0.15, 0.2) is 6.61 Å². The highest BCUT2D eigenvalue weighted by Crippen LogP contribution is 2.26. The maximum atomic E-state index is 11.8. The SMILES string of the molecule is O=C(COc1ccc(CO)cc1Br)Nc1cccc(Cl)c1. The summed E-state index contributed by atoms with van der Waals surface area (Å²) in [5.41, 5.74) is 1.38. The highest BCUT2D eigenvalue weighted by Gasteiger charge is 2.07. The van der Waals surface area contributed by atoms with Gasteiger partial charge in [0.05, 0.1) is 11.1 Å². The number of amides is 1. The molecule has 21 heavy (non-hydrogen) atoms. The van der Waals surface area contributed by atoms with Gasteiger partial charge in [-0.05, 0) is 51.8 Å². The molecule has 0 aromatic heterocycles. The van der Waals surface area contributed by atoms with Crippen molar-refractivity contribution in [1.29, 1.82) is 0 Å². The van der Waals surface area contributed by atoms with E-state index in [1.807, 2.05) is 0 Å².